The molecular weight excluding hydrogens is 472 g/mol. The molecule has 0 atom stereocenters. The van der Waals surface area contributed by atoms with E-state index in [9.17, 15) is 0 Å². The number of aromatic nitrogens is 4. The molecule has 8 rings (SSSR count). The van der Waals surface area contributed by atoms with Gasteiger partial charge in [0, 0.05) is 69.9 Å². The van der Waals surface area contributed by atoms with Crippen LogP contribution >= 0.6 is 0 Å². The van der Waals surface area contributed by atoms with Gasteiger partial charge in [0.05, 0.1) is 22.5 Å². The largest absolute Gasteiger partial charge is 0.455 e. The van der Waals surface area contributed by atoms with E-state index in [1.807, 2.05) is 97.6 Å². The first-order valence-electron chi connectivity index (χ1n) is 12.3. The second kappa shape index (κ2) is 8.08. The van der Waals surface area contributed by atoms with E-state index >= 15 is 0 Å². The molecule has 0 radical (unpaired) electrons. The van der Waals surface area contributed by atoms with Gasteiger partial charge in [0.25, 0.3) is 0 Å². The van der Waals surface area contributed by atoms with E-state index in [1.165, 1.54) is 0 Å². The molecule has 0 saturated carbocycles. The molecule has 0 saturated heterocycles. The van der Waals surface area contributed by atoms with Gasteiger partial charge < -0.3 is 8.83 Å². The highest BCUT2D eigenvalue weighted by Gasteiger charge is 2.15. The van der Waals surface area contributed by atoms with Gasteiger partial charge in [0.2, 0.25) is 0 Å². The molecule has 0 bridgehead atoms. The predicted octanol–water partition coefficient (Wildman–Crippen LogP) is 8.07. The van der Waals surface area contributed by atoms with Crippen LogP contribution in [0.5, 0.6) is 0 Å². The van der Waals surface area contributed by atoms with Gasteiger partial charge >= 0.3 is 0 Å². The third kappa shape index (κ3) is 3.14. The number of hydrogen-bond donors (Lipinski definition) is 0. The Balaban J connectivity index is 1.14. The molecule has 6 nitrogen and oxygen atoms in total. The molecule has 0 aliphatic rings. The minimum Gasteiger partial charge on any atom is -0.455 e. The third-order valence-corrected chi connectivity index (χ3v) is 6.98. The van der Waals surface area contributed by atoms with Crippen LogP contribution in [-0.4, -0.2) is 19.9 Å². The quantitative estimate of drug-likeness (QED) is 0.249. The van der Waals surface area contributed by atoms with Crippen LogP contribution in [-0.2, 0) is 0 Å². The van der Waals surface area contributed by atoms with Crippen molar-refractivity contribution in [2.75, 3.05) is 0 Å². The molecule has 178 valence electrons. The van der Waals surface area contributed by atoms with Crippen molar-refractivity contribution in [3.05, 3.63) is 110 Å². The lowest BCUT2D eigenvalue weighted by molar-refractivity contribution is 0.669. The number of rotatable bonds is 3. The fourth-order valence-corrected chi connectivity index (χ4v) is 5.09. The van der Waals surface area contributed by atoms with Gasteiger partial charge in [-0.15, -0.1) is 0 Å². The monoisotopic (exact) mass is 490 g/mol. The van der Waals surface area contributed by atoms with Crippen LogP contribution in [0.25, 0.3) is 77.5 Å². The molecule has 0 fully saturated rings. The summed E-state index contributed by atoms with van der Waals surface area (Å²) in [5.41, 5.74) is 8.55. The Morgan fingerprint density at radius 2 is 0.895 bits per heavy atom. The van der Waals surface area contributed by atoms with Crippen LogP contribution in [0.2, 0.25) is 0 Å². The maximum atomic E-state index is 6.16. The smallest absolute Gasteiger partial charge is 0.147 e. The zero-order valence-corrected chi connectivity index (χ0v) is 20.0. The fraction of sp³-hybridized carbons (Fsp3) is 0. The molecule has 6 heteroatoms. The Morgan fingerprint density at radius 3 is 1.34 bits per heavy atom. The molecule has 0 amide bonds. The topological polar surface area (TPSA) is 77.8 Å². The molecular formula is C32H18N4O2. The maximum absolute atomic E-state index is 6.16. The van der Waals surface area contributed by atoms with Crippen molar-refractivity contribution in [3.8, 4) is 33.6 Å². The average Bonchev–Trinajstić information content (AvgIpc) is 3.56. The molecule has 6 aromatic heterocycles. The Hall–Kier alpha value is -5.36. The van der Waals surface area contributed by atoms with Gasteiger partial charge in [0.15, 0.2) is 0 Å². The van der Waals surface area contributed by atoms with Crippen molar-refractivity contribution in [1.29, 1.82) is 0 Å². The van der Waals surface area contributed by atoms with Crippen LogP contribution in [0, 0.1) is 0 Å². The Kier molecular flexibility index (Phi) is 4.42. The molecule has 0 aliphatic carbocycles. The lowest BCUT2D eigenvalue weighted by atomic mass is 10.1. The first-order chi connectivity index (χ1) is 18.8. The molecule has 0 unspecified atom stereocenters. The van der Waals surface area contributed by atoms with Crippen molar-refractivity contribution >= 4 is 43.9 Å². The summed E-state index contributed by atoms with van der Waals surface area (Å²) in [4.78, 5) is 18.4. The fourth-order valence-electron chi connectivity index (χ4n) is 5.09. The lowest BCUT2D eigenvalue weighted by Crippen LogP contribution is -1.89. The SMILES string of the molecule is c1ccc2c(c1)oc1c(-c3ccc(-c4ccc(-c5cncc6c5oc5ccccc56)nc4)cn3)cncc12. The highest BCUT2D eigenvalue weighted by atomic mass is 16.3. The van der Waals surface area contributed by atoms with Gasteiger partial charge in [-0.25, -0.2) is 0 Å². The van der Waals surface area contributed by atoms with Crippen LogP contribution in [0.15, 0.2) is 119 Å². The predicted molar refractivity (Wildman–Crippen MR) is 148 cm³/mol. The number of furan rings is 2. The number of fused-ring (bicyclic) bond motifs is 6. The summed E-state index contributed by atoms with van der Waals surface area (Å²) in [7, 11) is 0. The minimum atomic E-state index is 0.792. The van der Waals surface area contributed by atoms with E-state index in [4.69, 9.17) is 18.8 Å². The zero-order chi connectivity index (χ0) is 25.1. The first-order valence-corrected chi connectivity index (χ1v) is 12.3. The van der Waals surface area contributed by atoms with Gasteiger partial charge in [-0.3, -0.25) is 19.9 Å². The van der Waals surface area contributed by atoms with Crippen LogP contribution in [0.4, 0.5) is 0 Å². The second-order valence-electron chi connectivity index (χ2n) is 9.19. The normalized spacial score (nSPS) is 11.7. The third-order valence-electron chi connectivity index (χ3n) is 6.98. The van der Waals surface area contributed by atoms with E-state index in [0.29, 0.717) is 0 Å². The Labute approximate surface area is 216 Å². The van der Waals surface area contributed by atoms with E-state index in [0.717, 1.165) is 77.5 Å². The van der Waals surface area contributed by atoms with Crippen LogP contribution < -0.4 is 0 Å². The maximum Gasteiger partial charge on any atom is 0.147 e. The Morgan fingerprint density at radius 1 is 0.421 bits per heavy atom. The van der Waals surface area contributed by atoms with Crippen LogP contribution in [0.3, 0.4) is 0 Å². The number of benzene rings is 2. The lowest BCUT2D eigenvalue weighted by Gasteiger charge is -2.06. The summed E-state index contributed by atoms with van der Waals surface area (Å²) >= 11 is 0. The van der Waals surface area contributed by atoms with Crippen molar-refractivity contribution in [2.24, 2.45) is 0 Å². The number of para-hydroxylation sites is 2. The zero-order valence-electron chi connectivity index (χ0n) is 20.0. The standard InChI is InChI=1S/C32H18N4O2/c1-3-7-29-21(5-1)23-15-33-17-25(31(23)37-29)27-11-9-19(13-35-27)20-10-12-28(36-14-20)26-18-34-16-24-22-6-2-4-8-30(22)38-32(24)26/h1-18H. The average molecular weight is 491 g/mol. The molecule has 0 aliphatic heterocycles. The summed E-state index contributed by atoms with van der Waals surface area (Å²) in [6.07, 6.45) is 11.0. The minimum absolute atomic E-state index is 0.792. The number of hydrogen-bond acceptors (Lipinski definition) is 6. The second-order valence-corrected chi connectivity index (χ2v) is 9.19. The molecule has 6 heterocycles. The van der Waals surface area contributed by atoms with Gasteiger partial charge in [0.1, 0.15) is 22.3 Å². The Bertz CT molecular complexity index is 1970. The van der Waals surface area contributed by atoms with Crippen LogP contribution in [0.1, 0.15) is 0 Å². The van der Waals surface area contributed by atoms with Gasteiger partial charge in [-0.1, -0.05) is 48.5 Å². The van der Waals surface area contributed by atoms with E-state index in [-0.39, 0.29) is 0 Å². The molecule has 38 heavy (non-hydrogen) atoms. The summed E-state index contributed by atoms with van der Waals surface area (Å²) in [5, 5.41) is 4.07. The van der Waals surface area contributed by atoms with E-state index in [2.05, 4.69) is 9.97 Å². The number of pyridine rings is 4. The van der Waals surface area contributed by atoms with Crippen molar-refractivity contribution in [2.45, 2.75) is 0 Å². The first kappa shape index (κ1) is 20.8. The van der Waals surface area contributed by atoms with Gasteiger partial charge in [-0.2, -0.15) is 0 Å². The highest BCUT2D eigenvalue weighted by Crippen LogP contribution is 2.36. The number of nitrogens with zero attached hydrogens (tertiary/aromatic N) is 4. The van der Waals surface area contributed by atoms with Gasteiger partial charge in [-0.05, 0) is 24.3 Å². The van der Waals surface area contributed by atoms with Crippen molar-refractivity contribution in [3.63, 3.8) is 0 Å². The summed E-state index contributed by atoms with van der Waals surface area (Å²) < 4.78 is 12.3. The van der Waals surface area contributed by atoms with E-state index in [1.54, 1.807) is 12.4 Å². The summed E-state index contributed by atoms with van der Waals surface area (Å²) in [5.74, 6) is 0. The molecule has 0 spiro atoms. The molecule has 2 aromatic carbocycles. The van der Waals surface area contributed by atoms with E-state index < -0.39 is 0 Å². The molecule has 8 aromatic rings. The molecule has 0 N–H and O–H groups in total. The highest BCUT2D eigenvalue weighted by molar-refractivity contribution is 6.09. The van der Waals surface area contributed by atoms with Crippen molar-refractivity contribution < 1.29 is 8.83 Å². The summed E-state index contributed by atoms with van der Waals surface area (Å²) in [6.45, 7) is 0. The van der Waals surface area contributed by atoms with Crippen molar-refractivity contribution in [1.82, 2.24) is 19.9 Å². The summed E-state index contributed by atoms with van der Waals surface area (Å²) in [6, 6.07) is 24.1.